The molecule has 1 heterocycles. The number of fused-ring (bicyclic) bond motifs is 3. The number of phenolic OH excluding ortho intramolecular Hbond substituents is 1. The third kappa shape index (κ3) is 2.26. The zero-order valence-electron chi connectivity index (χ0n) is 13.8. The van der Waals surface area contributed by atoms with E-state index >= 15 is 0 Å². The first-order valence-electron chi connectivity index (χ1n) is 8.42. The van der Waals surface area contributed by atoms with Crippen molar-refractivity contribution in [3.63, 3.8) is 0 Å². The SMILES string of the molecule is O=C1C2=C(Nc3ccccc3S[C@H]2c2ccc(O)cc2)c2ccccc21. The van der Waals surface area contributed by atoms with Crippen LogP contribution in [0.5, 0.6) is 5.75 Å². The van der Waals surface area contributed by atoms with Crippen molar-refractivity contribution in [1.82, 2.24) is 0 Å². The van der Waals surface area contributed by atoms with E-state index in [0.29, 0.717) is 0 Å². The van der Waals surface area contributed by atoms with Crippen molar-refractivity contribution in [3.8, 4) is 5.75 Å². The molecule has 0 bridgehead atoms. The number of carbonyl (C=O) groups is 1. The number of para-hydroxylation sites is 1. The Morgan fingerprint density at radius 2 is 1.54 bits per heavy atom. The van der Waals surface area contributed by atoms with E-state index in [4.69, 9.17) is 0 Å². The van der Waals surface area contributed by atoms with Gasteiger partial charge in [0, 0.05) is 21.6 Å². The van der Waals surface area contributed by atoms with Gasteiger partial charge in [0.25, 0.3) is 0 Å². The van der Waals surface area contributed by atoms with Crippen LogP contribution in [0.25, 0.3) is 5.70 Å². The van der Waals surface area contributed by atoms with Crippen molar-refractivity contribution in [3.05, 3.63) is 95.1 Å². The van der Waals surface area contributed by atoms with Crippen molar-refractivity contribution in [1.29, 1.82) is 0 Å². The molecule has 126 valence electrons. The summed E-state index contributed by atoms with van der Waals surface area (Å²) in [5.41, 5.74) is 5.37. The van der Waals surface area contributed by atoms with Gasteiger partial charge in [-0.2, -0.15) is 0 Å². The van der Waals surface area contributed by atoms with E-state index in [1.807, 2.05) is 54.6 Å². The van der Waals surface area contributed by atoms with Crippen LogP contribution in [0.3, 0.4) is 0 Å². The molecule has 0 spiro atoms. The second-order valence-corrected chi connectivity index (χ2v) is 7.52. The number of nitrogens with one attached hydrogen (secondary N) is 1. The minimum atomic E-state index is -0.137. The molecule has 3 aromatic rings. The Labute approximate surface area is 155 Å². The van der Waals surface area contributed by atoms with E-state index in [9.17, 15) is 9.90 Å². The summed E-state index contributed by atoms with van der Waals surface area (Å²) in [7, 11) is 0. The average molecular weight is 357 g/mol. The van der Waals surface area contributed by atoms with Crippen LogP contribution in [0.15, 0.2) is 83.3 Å². The summed E-state index contributed by atoms with van der Waals surface area (Å²) in [5, 5.41) is 13.0. The molecule has 1 aliphatic heterocycles. The van der Waals surface area contributed by atoms with E-state index in [1.165, 1.54) is 0 Å². The number of Topliss-reactive ketones (excluding diaryl/α,β-unsaturated/α-hetero) is 1. The van der Waals surface area contributed by atoms with Gasteiger partial charge in [0.2, 0.25) is 0 Å². The van der Waals surface area contributed by atoms with E-state index < -0.39 is 0 Å². The number of ketones is 1. The maximum absolute atomic E-state index is 13.2. The van der Waals surface area contributed by atoms with Gasteiger partial charge in [0.15, 0.2) is 5.78 Å². The van der Waals surface area contributed by atoms with E-state index in [1.54, 1.807) is 23.9 Å². The summed E-state index contributed by atoms with van der Waals surface area (Å²) >= 11 is 1.66. The molecule has 2 aliphatic rings. The monoisotopic (exact) mass is 357 g/mol. The zero-order chi connectivity index (χ0) is 17.7. The van der Waals surface area contributed by atoms with Crippen molar-refractivity contribution >= 4 is 28.9 Å². The lowest BCUT2D eigenvalue weighted by Crippen LogP contribution is -2.07. The maximum Gasteiger partial charge on any atom is 0.193 e. The van der Waals surface area contributed by atoms with Crippen LogP contribution < -0.4 is 5.32 Å². The van der Waals surface area contributed by atoms with Gasteiger partial charge in [0.1, 0.15) is 5.75 Å². The number of anilines is 1. The molecule has 1 aliphatic carbocycles. The van der Waals surface area contributed by atoms with Crippen LogP contribution >= 0.6 is 11.8 Å². The third-order valence-corrected chi connectivity index (χ3v) is 6.16. The van der Waals surface area contributed by atoms with Crippen molar-refractivity contribution in [2.24, 2.45) is 0 Å². The van der Waals surface area contributed by atoms with Gasteiger partial charge in [-0.05, 0) is 29.8 Å². The van der Waals surface area contributed by atoms with E-state index in [-0.39, 0.29) is 16.8 Å². The number of hydrogen-bond acceptors (Lipinski definition) is 4. The number of rotatable bonds is 1. The Kier molecular flexibility index (Phi) is 3.40. The Hall–Kier alpha value is -2.98. The highest BCUT2D eigenvalue weighted by atomic mass is 32.2. The zero-order valence-corrected chi connectivity index (χ0v) is 14.6. The molecule has 5 rings (SSSR count). The normalized spacial score (nSPS) is 17.8. The second kappa shape index (κ2) is 5.78. The summed E-state index contributed by atoms with van der Waals surface area (Å²) in [6, 6.07) is 23.0. The van der Waals surface area contributed by atoms with Crippen molar-refractivity contribution < 1.29 is 9.90 Å². The van der Waals surface area contributed by atoms with Crippen LogP contribution in [-0.2, 0) is 0 Å². The summed E-state index contributed by atoms with van der Waals surface area (Å²) in [6.45, 7) is 0. The van der Waals surface area contributed by atoms with Crippen LogP contribution in [0.4, 0.5) is 5.69 Å². The summed E-state index contributed by atoms with van der Waals surface area (Å²) in [5.74, 6) is 0.294. The Balaban J connectivity index is 1.74. The number of aromatic hydroxyl groups is 1. The minimum Gasteiger partial charge on any atom is -0.508 e. The Bertz CT molecular complexity index is 1070. The molecular formula is C22H15NO2S. The predicted octanol–water partition coefficient (Wildman–Crippen LogP) is 5.26. The summed E-state index contributed by atoms with van der Waals surface area (Å²) in [6.07, 6.45) is 0. The lowest BCUT2D eigenvalue weighted by molar-refractivity contribution is 0.103. The van der Waals surface area contributed by atoms with Gasteiger partial charge < -0.3 is 10.4 Å². The maximum atomic E-state index is 13.2. The molecule has 3 aromatic carbocycles. The molecule has 0 saturated heterocycles. The van der Waals surface area contributed by atoms with Crippen LogP contribution in [0.2, 0.25) is 0 Å². The number of benzene rings is 3. The number of hydrogen-bond donors (Lipinski definition) is 2. The fourth-order valence-corrected chi connectivity index (χ4v) is 4.86. The number of thioether (sulfide) groups is 1. The molecule has 26 heavy (non-hydrogen) atoms. The standard InChI is InChI=1S/C22H15NO2S/c24-14-11-9-13(10-12-14)22-19-20(15-5-1-2-6-16(15)21(19)25)23-17-7-3-4-8-18(17)26-22/h1-12,22-24H/t22-/m0/s1. The molecule has 0 unspecified atom stereocenters. The molecule has 0 saturated carbocycles. The molecule has 0 radical (unpaired) electrons. The number of carbonyl (C=O) groups excluding carboxylic acids is 1. The molecule has 2 N–H and O–H groups in total. The van der Waals surface area contributed by atoms with Crippen LogP contribution in [0, 0.1) is 0 Å². The second-order valence-electron chi connectivity index (χ2n) is 6.37. The molecule has 0 amide bonds. The highest BCUT2D eigenvalue weighted by molar-refractivity contribution is 8.00. The highest BCUT2D eigenvalue weighted by Crippen LogP contribution is 2.52. The fraction of sp³-hybridized carbons (Fsp3) is 0.0455. The highest BCUT2D eigenvalue weighted by Gasteiger charge is 2.37. The summed E-state index contributed by atoms with van der Waals surface area (Å²) < 4.78 is 0. The summed E-state index contributed by atoms with van der Waals surface area (Å²) in [4.78, 5) is 14.3. The molecule has 1 atom stereocenters. The van der Waals surface area contributed by atoms with E-state index in [0.717, 1.165) is 38.5 Å². The fourth-order valence-electron chi connectivity index (χ4n) is 3.56. The lowest BCUT2D eigenvalue weighted by Gasteiger charge is -2.17. The first-order valence-corrected chi connectivity index (χ1v) is 9.30. The molecule has 3 nitrogen and oxygen atoms in total. The topological polar surface area (TPSA) is 49.3 Å². The first-order chi connectivity index (χ1) is 12.7. The quantitative estimate of drug-likeness (QED) is 0.624. The molecular weight excluding hydrogens is 342 g/mol. The van der Waals surface area contributed by atoms with Crippen molar-refractivity contribution in [2.75, 3.05) is 5.32 Å². The molecule has 4 heteroatoms. The first kappa shape index (κ1) is 15.3. The predicted molar refractivity (Wildman–Crippen MR) is 104 cm³/mol. The largest absolute Gasteiger partial charge is 0.508 e. The van der Waals surface area contributed by atoms with Gasteiger partial charge in [-0.25, -0.2) is 0 Å². The van der Waals surface area contributed by atoms with Gasteiger partial charge in [-0.3, -0.25) is 4.79 Å². The molecule has 0 fully saturated rings. The molecule has 0 aromatic heterocycles. The Morgan fingerprint density at radius 1 is 0.846 bits per heavy atom. The Morgan fingerprint density at radius 3 is 2.35 bits per heavy atom. The van der Waals surface area contributed by atoms with Crippen molar-refractivity contribution in [2.45, 2.75) is 10.1 Å². The van der Waals surface area contributed by atoms with Gasteiger partial charge >= 0.3 is 0 Å². The van der Waals surface area contributed by atoms with Gasteiger partial charge in [-0.15, -0.1) is 11.8 Å². The van der Waals surface area contributed by atoms with Gasteiger partial charge in [0.05, 0.1) is 16.6 Å². The number of phenols is 1. The van der Waals surface area contributed by atoms with Crippen LogP contribution in [-0.4, -0.2) is 10.9 Å². The third-order valence-electron chi connectivity index (χ3n) is 4.80. The van der Waals surface area contributed by atoms with Gasteiger partial charge in [-0.1, -0.05) is 48.5 Å². The smallest absolute Gasteiger partial charge is 0.193 e. The lowest BCUT2D eigenvalue weighted by atomic mass is 10.0. The van der Waals surface area contributed by atoms with Crippen LogP contribution in [0.1, 0.15) is 26.7 Å². The average Bonchev–Trinajstić information content (AvgIpc) is 2.84. The minimum absolute atomic E-state index is 0.0708. The van der Waals surface area contributed by atoms with E-state index in [2.05, 4.69) is 11.4 Å².